The van der Waals surface area contributed by atoms with Gasteiger partial charge in [0.15, 0.2) is 0 Å². The third kappa shape index (κ3) is 4.61. The molecule has 0 aliphatic carbocycles. The Labute approximate surface area is 112 Å². The Morgan fingerprint density at radius 3 is 1.60 bits per heavy atom. The van der Waals surface area contributed by atoms with Crippen LogP contribution in [0.15, 0.2) is 0 Å². The number of hydrogen-bond acceptors (Lipinski definition) is 3. The van der Waals surface area contributed by atoms with Crippen LogP contribution < -0.4 is 5.32 Å². The molecule has 20 heavy (non-hydrogen) atoms. The number of hydrogen-bond donors (Lipinski definition) is 1. The third-order valence-electron chi connectivity index (χ3n) is 2.02. The molecule has 0 unspecified atom stereocenters. The minimum absolute atomic E-state index is 0.735. The van der Waals surface area contributed by atoms with Crippen LogP contribution in [0.2, 0.25) is 0 Å². The molecule has 0 aromatic rings. The summed E-state index contributed by atoms with van der Waals surface area (Å²) in [7, 11) is 0. The second-order valence-electron chi connectivity index (χ2n) is 5.65. The van der Waals surface area contributed by atoms with Crippen LogP contribution in [0.3, 0.4) is 0 Å². The van der Waals surface area contributed by atoms with E-state index in [4.69, 9.17) is 4.74 Å². The Kier molecular flexibility index (Phi) is 4.81. The van der Waals surface area contributed by atoms with Gasteiger partial charge in [0.05, 0.1) is 0 Å². The normalized spacial score (nSPS) is 13.9. The zero-order valence-electron chi connectivity index (χ0n) is 11.6. The van der Waals surface area contributed by atoms with Crippen LogP contribution in [-0.4, -0.2) is 35.1 Å². The smallest absolute Gasteiger partial charge is 0.444 e. The van der Waals surface area contributed by atoms with E-state index in [0.717, 1.165) is 13.8 Å². The van der Waals surface area contributed by atoms with E-state index in [1.54, 1.807) is 5.32 Å². The lowest BCUT2D eigenvalue weighted by molar-refractivity contribution is -0.271. The zero-order valence-corrected chi connectivity index (χ0v) is 11.6. The molecule has 0 bridgehead atoms. The lowest BCUT2D eigenvalue weighted by Crippen LogP contribution is -2.60. The molecular weight excluding hydrogens is 289 g/mol. The summed E-state index contributed by atoms with van der Waals surface area (Å²) in [4.78, 5) is 22.6. The summed E-state index contributed by atoms with van der Waals surface area (Å²) in [5.74, 6) is -8.03. The summed E-state index contributed by atoms with van der Waals surface area (Å²) in [5.41, 5.74) is -3.43. The average molecular weight is 305 g/mol. The molecule has 0 aliphatic heterocycles. The first-order chi connectivity index (χ1) is 8.51. The first kappa shape index (κ1) is 18.6. The number of ether oxygens (including phenoxy) is 1. The Balaban J connectivity index is 5.07. The monoisotopic (exact) mass is 305 g/mol. The highest BCUT2D eigenvalue weighted by molar-refractivity contribution is 5.96. The molecule has 0 saturated carbocycles. The van der Waals surface area contributed by atoms with E-state index in [2.05, 4.69) is 0 Å². The number of halogens is 5. The highest BCUT2D eigenvalue weighted by Crippen LogP contribution is 2.38. The van der Waals surface area contributed by atoms with E-state index in [-0.39, 0.29) is 0 Å². The van der Waals surface area contributed by atoms with Gasteiger partial charge in [-0.1, -0.05) is 0 Å². The molecule has 0 radical (unpaired) electrons. The predicted octanol–water partition coefficient (Wildman–Crippen LogP) is 3.06. The summed E-state index contributed by atoms with van der Waals surface area (Å²) in [6.07, 6.45) is -7.30. The van der Waals surface area contributed by atoms with Gasteiger partial charge < -0.3 is 10.1 Å². The van der Waals surface area contributed by atoms with E-state index in [1.807, 2.05) is 0 Å². The minimum atomic E-state index is -6.03. The molecule has 0 aliphatic rings. The van der Waals surface area contributed by atoms with Crippen molar-refractivity contribution in [1.29, 1.82) is 0 Å². The van der Waals surface area contributed by atoms with Crippen molar-refractivity contribution in [2.24, 2.45) is 0 Å². The van der Waals surface area contributed by atoms with Gasteiger partial charge in [0, 0.05) is 0 Å². The molecule has 4 nitrogen and oxygen atoms in total. The van der Waals surface area contributed by atoms with Crippen molar-refractivity contribution in [3.63, 3.8) is 0 Å². The highest BCUT2D eigenvalue weighted by Gasteiger charge is 2.66. The Morgan fingerprint density at radius 2 is 1.30 bits per heavy atom. The first-order valence-corrected chi connectivity index (χ1v) is 5.51. The fourth-order valence-corrected chi connectivity index (χ4v) is 1.14. The van der Waals surface area contributed by atoms with Gasteiger partial charge in [0.1, 0.15) is 11.1 Å². The molecule has 0 heterocycles. The quantitative estimate of drug-likeness (QED) is 0.815. The van der Waals surface area contributed by atoms with Gasteiger partial charge in [-0.25, -0.2) is 4.79 Å². The van der Waals surface area contributed by atoms with Crippen molar-refractivity contribution >= 4 is 11.9 Å². The van der Waals surface area contributed by atoms with Gasteiger partial charge in [-0.05, 0) is 34.6 Å². The van der Waals surface area contributed by atoms with E-state index in [0.29, 0.717) is 0 Å². The molecule has 0 aromatic heterocycles. The van der Waals surface area contributed by atoms with Crippen molar-refractivity contribution in [3.8, 4) is 0 Å². The number of amides is 1. The summed E-state index contributed by atoms with van der Waals surface area (Å²) in [6.45, 7) is 5.86. The molecule has 118 valence electrons. The van der Waals surface area contributed by atoms with Crippen molar-refractivity contribution < 1.29 is 36.3 Å². The molecule has 0 aromatic carbocycles. The van der Waals surface area contributed by atoms with Gasteiger partial charge >= 0.3 is 18.2 Å². The summed E-state index contributed by atoms with van der Waals surface area (Å²) < 4.78 is 66.9. The fourth-order valence-electron chi connectivity index (χ4n) is 1.14. The molecule has 0 rings (SSSR count). The number of rotatable bonds is 3. The number of carbonyl (C=O) groups is 2. The van der Waals surface area contributed by atoms with Gasteiger partial charge in [0.25, 0.3) is 0 Å². The molecule has 1 amide bonds. The molecule has 0 atom stereocenters. The molecule has 9 heteroatoms. The lowest BCUT2D eigenvalue weighted by atomic mass is 9.94. The summed E-state index contributed by atoms with van der Waals surface area (Å²) in [5, 5.41) is 1.70. The second kappa shape index (κ2) is 5.17. The molecule has 0 spiro atoms. The number of nitrogens with one attached hydrogen (secondary N) is 1. The van der Waals surface area contributed by atoms with Gasteiger partial charge in [-0.2, -0.15) is 22.0 Å². The predicted molar refractivity (Wildman–Crippen MR) is 59.5 cm³/mol. The van der Waals surface area contributed by atoms with Gasteiger partial charge in [-0.3, -0.25) is 4.79 Å². The van der Waals surface area contributed by atoms with Crippen molar-refractivity contribution in [3.05, 3.63) is 0 Å². The van der Waals surface area contributed by atoms with Crippen molar-refractivity contribution in [1.82, 2.24) is 5.32 Å². The van der Waals surface area contributed by atoms with E-state index in [1.165, 1.54) is 20.8 Å². The van der Waals surface area contributed by atoms with Crippen LogP contribution in [-0.2, 0) is 9.53 Å². The largest absolute Gasteiger partial charge is 0.461 e. The maximum atomic E-state index is 12.9. The number of Topliss-reactive ketones (excluding diaryl/α,β-unsaturated/α-hetero) is 1. The van der Waals surface area contributed by atoms with Gasteiger partial charge in [0.2, 0.25) is 5.78 Å². The van der Waals surface area contributed by atoms with Crippen LogP contribution in [0.4, 0.5) is 26.7 Å². The van der Waals surface area contributed by atoms with Gasteiger partial charge in [-0.15, -0.1) is 0 Å². The third-order valence-corrected chi connectivity index (χ3v) is 2.02. The lowest BCUT2D eigenvalue weighted by Gasteiger charge is -2.30. The van der Waals surface area contributed by atoms with Crippen molar-refractivity contribution in [2.45, 2.75) is 57.9 Å². The fraction of sp³-hybridized carbons (Fsp3) is 0.818. The Hall–Kier alpha value is -1.41. The minimum Gasteiger partial charge on any atom is -0.444 e. The molecule has 0 saturated heterocycles. The van der Waals surface area contributed by atoms with Crippen LogP contribution in [0, 0.1) is 0 Å². The van der Waals surface area contributed by atoms with Crippen molar-refractivity contribution in [2.75, 3.05) is 0 Å². The number of alkyl carbamates (subject to hydrolysis) is 1. The van der Waals surface area contributed by atoms with Crippen LogP contribution in [0.25, 0.3) is 0 Å². The standard InChI is InChI=1S/C11H16F5NO3/c1-8(2,3)20-7(19)17-9(4,5)6(18)10(12,13)11(14,15)16/h1-5H3,(H,17,19). The maximum absolute atomic E-state index is 12.9. The second-order valence-corrected chi connectivity index (χ2v) is 5.65. The first-order valence-electron chi connectivity index (χ1n) is 5.51. The summed E-state index contributed by atoms with van der Waals surface area (Å²) in [6, 6.07) is 0. The highest BCUT2D eigenvalue weighted by atomic mass is 19.4. The van der Waals surface area contributed by atoms with E-state index < -0.39 is 35.1 Å². The SMILES string of the molecule is CC(C)(C)OC(=O)NC(C)(C)C(=O)C(F)(F)C(F)(F)F. The number of ketones is 1. The maximum Gasteiger partial charge on any atom is 0.461 e. The van der Waals surface area contributed by atoms with Crippen LogP contribution >= 0.6 is 0 Å². The molecule has 1 N–H and O–H groups in total. The number of alkyl halides is 5. The topological polar surface area (TPSA) is 55.4 Å². The zero-order chi connectivity index (χ0) is 16.6. The average Bonchev–Trinajstić information content (AvgIpc) is 2.09. The molecule has 0 fully saturated rings. The van der Waals surface area contributed by atoms with E-state index in [9.17, 15) is 31.5 Å². The van der Waals surface area contributed by atoms with Crippen LogP contribution in [0.5, 0.6) is 0 Å². The molecular formula is C11H16F5NO3. The number of carbonyl (C=O) groups excluding carboxylic acids is 2. The van der Waals surface area contributed by atoms with E-state index >= 15 is 0 Å². The Morgan fingerprint density at radius 1 is 0.900 bits per heavy atom. The summed E-state index contributed by atoms with van der Waals surface area (Å²) >= 11 is 0. The van der Waals surface area contributed by atoms with Crippen LogP contribution in [0.1, 0.15) is 34.6 Å². The Bertz CT molecular complexity index is 396.